The van der Waals surface area contributed by atoms with Crippen LogP contribution in [-0.4, -0.2) is 43.7 Å². The van der Waals surface area contributed by atoms with Gasteiger partial charge < -0.3 is 19.7 Å². The number of benzene rings is 1. The molecule has 0 bridgehead atoms. The summed E-state index contributed by atoms with van der Waals surface area (Å²) in [7, 11) is 1.62. The molecular formula is C17H26N2O3. The largest absolute Gasteiger partial charge is 0.493 e. The van der Waals surface area contributed by atoms with Crippen molar-refractivity contribution in [3.05, 3.63) is 23.8 Å². The Morgan fingerprint density at radius 3 is 2.64 bits per heavy atom. The zero-order valence-electron chi connectivity index (χ0n) is 13.7. The molecule has 1 aliphatic rings. The van der Waals surface area contributed by atoms with E-state index >= 15 is 0 Å². The van der Waals surface area contributed by atoms with Gasteiger partial charge in [0.1, 0.15) is 0 Å². The Balaban J connectivity index is 1.93. The van der Waals surface area contributed by atoms with Crippen LogP contribution < -0.4 is 14.8 Å². The molecule has 1 saturated heterocycles. The summed E-state index contributed by atoms with van der Waals surface area (Å²) in [5, 5.41) is 3.36. The van der Waals surface area contributed by atoms with Crippen molar-refractivity contribution >= 4 is 5.91 Å². The highest BCUT2D eigenvalue weighted by Crippen LogP contribution is 2.28. The van der Waals surface area contributed by atoms with Crippen molar-refractivity contribution in [3.8, 4) is 11.5 Å². The lowest BCUT2D eigenvalue weighted by Gasteiger charge is -2.17. The topological polar surface area (TPSA) is 50.8 Å². The number of likely N-dealkylation sites (tertiary alicyclic amines) is 1. The fourth-order valence-electron chi connectivity index (χ4n) is 2.46. The number of rotatable bonds is 7. The molecule has 0 saturated carbocycles. The second-order valence-corrected chi connectivity index (χ2v) is 5.90. The van der Waals surface area contributed by atoms with E-state index in [1.807, 2.05) is 23.1 Å². The molecule has 1 amide bonds. The third-order valence-corrected chi connectivity index (χ3v) is 3.75. The second-order valence-electron chi connectivity index (χ2n) is 5.90. The normalized spacial score (nSPS) is 14.5. The van der Waals surface area contributed by atoms with Crippen LogP contribution in [-0.2, 0) is 11.3 Å². The van der Waals surface area contributed by atoms with E-state index in [1.165, 1.54) is 0 Å². The van der Waals surface area contributed by atoms with E-state index in [4.69, 9.17) is 9.47 Å². The van der Waals surface area contributed by atoms with Gasteiger partial charge in [0.2, 0.25) is 0 Å². The van der Waals surface area contributed by atoms with Crippen LogP contribution in [0.5, 0.6) is 11.5 Å². The Labute approximate surface area is 132 Å². The number of carbonyl (C=O) groups is 1. The minimum atomic E-state index is 0.0464. The van der Waals surface area contributed by atoms with Gasteiger partial charge in [0.25, 0.3) is 5.91 Å². The Bertz CT molecular complexity index is 497. The maximum absolute atomic E-state index is 12.0. The van der Waals surface area contributed by atoms with Crippen LogP contribution >= 0.6 is 0 Å². The number of hydrogen-bond acceptors (Lipinski definition) is 4. The summed E-state index contributed by atoms with van der Waals surface area (Å²) in [6.07, 6.45) is 2.18. The van der Waals surface area contributed by atoms with E-state index in [-0.39, 0.29) is 12.5 Å². The summed E-state index contributed by atoms with van der Waals surface area (Å²) in [5.74, 6) is 1.32. The molecule has 1 fully saturated rings. The molecule has 1 N–H and O–H groups in total. The monoisotopic (exact) mass is 306 g/mol. The van der Waals surface area contributed by atoms with E-state index in [1.54, 1.807) is 7.11 Å². The highest BCUT2D eigenvalue weighted by atomic mass is 16.5. The number of nitrogens with zero attached hydrogens (tertiary/aromatic N) is 1. The van der Waals surface area contributed by atoms with Gasteiger partial charge in [0.15, 0.2) is 18.1 Å². The predicted octanol–water partition coefficient (Wildman–Crippen LogP) is 2.19. The molecule has 0 aromatic heterocycles. The number of carbonyl (C=O) groups excluding carboxylic acids is 1. The maximum atomic E-state index is 12.0. The van der Waals surface area contributed by atoms with Crippen LogP contribution in [0.15, 0.2) is 18.2 Å². The molecule has 0 unspecified atom stereocenters. The summed E-state index contributed by atoms with van der Waals surface area (Å²) < 4.78 is 11.0. The van der Waals surface area contributed by atoms with Crippen LogP contribution in [0.4, 0.5) is 0 Å². The zero-order chi connectivity index (χ0) is 15.9. The molecule has 0 aliphatic carbocycles. The van der Waals surface area contributed by atoms with Crippen molar-refractivity contribution in [2.45, 2.75) is 39.3 Å². The van der Waals surface area contributed by atoms with Gasteiger partial charge in [0.05, 0.1) is 7.11 Å². The van der Waals surface area contributed by atoms with Crippen LogP contribution in [0.25, 0.3) is 0 Å². The molecule has 2 rings (SSSR count). The summed E-state index contributed by atoms with van der Waals surface area (Å²) in [6, 6.07) is 6.24. The number of methoxy groups -OCH3 is 1. The first-order valence-corrected chi connectivity index (χ1v) is 7.91. The van der Waals surface area contributed by atoms with Crippen LogP contribution in [0, 0.1) is 0 Å². The van der Waals surface area contributed by atoms with Crippen molar-refractivity contribution in [3.63, 3.8) is 0 Å². The van der Waals surface area contributed by atoms with Crippen LogP contribution in [0.2, 0.25) is 0 Å². The number of nitrogens with one attached hydrogen (secondary N) is 1. The highest BCUT2D eigenvalue weighted by Gasteiger charge is 2.18. The first-order chi connectivity index (χ1) is 10.6. The Hall–Kier alpha value is -1.75. The van der Waals surface area contributed by atoms with E-state index in [2.05, 4.69) is 19.2 Å². The van der Waals surface area contributed by atoms with E-state index in [0.29, 0.717) is 17.5 Å². The summed E-state index contributed by atoms with van der Waals surface area (Å²) in [6.45, 7) is 6.76. The first-order valence-electron chi connectivity index (χ1n) is 7.91. The van der Waals surface area contributed by atoms with Gasteiger partial charge in [-0.2, -0.15) is 0 Å². The van der Waals surface area contributed by atoms with Gasteiger partial charge in [-0.15, -0.1) is 0 Å². The van der Waals surface area contributed by atoms with Crippen molar-refractivity contribution in [1.29, 1.82) is 0 Å². The highest BCUT2D eigenvalue weighted by molar-refractivity contribution is 5.78. The standard InChI is InChI=1S/C17H26N2O3/c1-13(2)18-11-14-6-7-15(16(10-14)21-3)22-12-17(20)19-8-4-5-9-19/h6-7,10,13,18H,4-5,8-9,11-12H2,1-3H3. The fraction of sp³-hybridized carbons (Fsp3) is 0.588. The summed E-state index contributed by atoms with van der Waals surface area (Å²) >= 11 is 0. The van der Waals surface area contributed by atoms with Crippen LogP contribution in [0.3, 0.4) is 0 Å². The van der Waals surface area contributed by atoms with Crippen molar-refractivity contribution < 1.29 is 14.3 Å². The smallest absolute Gasteiger partial charge is 0.260 e. The summed E-state index contributed by atoms with van der Waals surface area (Å²) in [4.78, 5) is 13.9. The molecule has 0 radical (unpaired) electrons. The van der Waals surface area contributed by atoms with E-state index in [9.17, 15) is 4.79 Å². The summed E-state index contributed by atoms with van der Waals surface area (Å²) in [5.41, 5.74) is 1.13. The van der Waals surface area contributed by atoms with Crippen molar-refractivity contribution in [1.82, 2.24) is 10.2 Å². The van der Waals surface area contributed by atoms with Crippen LogP contribution in [0.1, 0.15) is 32.3 Å². The SMILES string of the molecule is COc1cc(CNC(C)C)ccc1OCC(=O)N1CCCC1. The lowest BCUT2D eigenvalue weighted by atomic mass is 10.2. The lowest BCUT2D eigenvalue weighted by molar-refractivity contribution is -0.132. The molecule has 1 aliphatic heterocycles. The minimum absolute atomic E-state index is 0.0464. The lowest BCUT2D eigenvalue weighted by Crippen LogP contribution is -2.32. The maximum Gasteiger partial charge on any atom is 0.260 e. The van der Waals surface area contributed by atoms with E-state index in [0.717, 1.165) is 38.0 Å². The van der Waals surface area contributed by atoms with Gasteiger partial charge >= 0.3 is 0 Å². The quantitative estimate of drug-likeness (QED) is 0.839. The molecule has 122 valence electrons. The number of ether oxygens (including phenoxy) is 2. The first kappa shape index (κ1) is 16.6. The third kappa shape index (κ3) is 4.63. The number of hydrogen-bond donors (Lipinski definition) is 1. The van der Waals surface area contributed by atoms with Gasteiger partial charge in [-0.05, 0) is 30.5 Å². The molecule has 0 atom stereocenters. The molecule has 22 heavy (non-hydrogen) atoms. The average Bonchev–Trinajstić information content (AvgIpc) is 3.05. The molecule has 1 aromatic carbocycles. The zero-order valence-corrected chi connectivity index (χ0v) is 13.7. The van der Waals surface area contributed by atoms with Gasteiger partial charge in [-0.3, -0.25) is 4.79 Å². The van der Waals surface area contributed by atoms with Gasteiger partial charge in [0, 0.05) is 25.7 Å². The Morgan fingerprint density at radius 2 is 2.00 bits per heavy atom. The average molecular weight is 306 g/mol. The number of amides is 1. The molecule has 1 heterocycles. The molecular weight excluding hydrogens is 280 g/mol. The fourth-order valence-corrected chi connectivity index (χ4v) is 2.46. The molecule has 0 spiro atoms. The molecule has 5 heteroatoms. The minimum Gasteiger partial charge on any atom is -0.493 e. The Kier molecular flexibility index (Phi) is 6.07. The van der Waals surface area contributed by atoms with Crippen molar-refractivity contribution in [2.24, 2.45) is 0 Å². The van der Waals surface area contributed by atoms with Gasteiger partial charge in [-0.25, -0.2) is 0 Å². The second kappa shape index (κ2) is 8.03. The predicted molar refractivity (Wildman–Crippen MR) is 86.3 cm³/mol. The molecule has 1 aromatic rings. The van der Waals surface area contributed by atoms with Gasteiger partial charge in [-0.1, -0.05) is 19.9 Å². The third-order valence-electron chi connectivity index (χ3n) is 3.75. The molecule has 5 nitrogen and oxygen atoms in total. The Morgan fingerprint density at radius 1 is 1.27 bits per heavy atom. The van der Waals surface area contributed by atoms with Crippen molar-refractivity contribution in [2.75, 3.05) is 26.8 Å². The van der Waals surface area contributed by atoms with E-state index < -0.39 is 0 Å².